The summed E-state index contributed by atoms with van der Waals surface area (Å²) in [6.45, 7) is 0. The third kappa shape index (κ3) is 5.58. The fourth-order valence-corrected chi connectivity index (χ4v) is 1.78. The molecule has 118 valence electrons. The molecular formula is C16H16N4O3. The summed E-state index contributed by atoms with van der Waals surface area (Å²) in [5.74, 6) is -0.0852. The van der Waals surface area contributed by atoms with Gasteiger partial charge in [-0.3, -0.25) is 20.3 Å². The third-order valence-corrected chi connectivity index (χ3v) is 2.92. The third-order valence-electron chi connectivity index (χ3n) is 2.92. The summed E-state index contributed by atoms with van der Waals surface area (Å²) in [6, 6.07) is 15.2. The number of nitro benzene ring substituents is 1. The Labute approximate surface area is 133 Å². The normalized spacial score (nSPS) is 10.4. The lowest BCUT2D eigenvalue weighted by molar-refractivity contribution is -0.384. The Bertz CT molecular complexity index is 684. The number of amides is 1. The van der Waals surface area contributed by atoms with Crippen LogP contribution in [0.3, 0.4) is 0 Å². The van der Waals surface area contributed by atoms with Crippen LogP contribution >= 0.6 is 0 Å². The number of carbonyl (C=O) groups is 1. The summed E-state index contributed by atoms with van der Waals surface area (Å²) in [5, 5.41) is 17.3. The molecule has 0 aliphatic rings. The number of hydrazone groups is 1. The van der Waals surface area contributed by atoms with E-state index in [1.165, 1.54) is 12.1 Å². The molecule has 0 saturated heterocycles. The van der Waals surface area contributed by atoms with E-state index in [9.17, 15) is 14.9 Å². The van der Waals surface area contributed by atoms with Crippen molar-refractivity contribution < 1.29 is 9.72 Å². The Morgan fingerprint density at radius 1 is 1.09 bits per heavy atom. The van der Waals surface area contributed by atoms with Crippen molar-refractivity contribution in [2.75, 3.05) is 10.7 Å². The van der Waals surface area contributed by atoms with Gasteiger partial charge in [-0.2, -0.15) is 5.10 Å². The van der Waals surface area contributed by atoms with Crippen molar-refractivity contribution in [2.45, 2.75) is 12.8 Å². The molecule has 1 amide bonds. The van der Waals surface area contributed by atoms with Crippen LogP contribution in [0.2, 0.25) is 0 Å². The molecule has 2 N–H and O–H groups in total. The maximum absolute atomic E-state index is 11.7. The van der Waals surface area contributed by atoms with Crippen LogP contribution in [0.5, 0.6) is 0 Å². The van der Waals surface area contributed by atoms with Crippen LogP contribution in [0.25, 0.3) is 0 Å². The second-order valence-electron chi connectivity index (χ2n) is 4.68. The predicted molar refractivity (Wildman–Crippen MR) is 89.5 cm³/mol. The molecule has 0 atom stereocenters. The topological polar surface area (TPSA) is 96.6 Å². The van der Waals surface area contributed by atoms with Crippen molar-refractivity contribution in [3.05, 3.63) is 64.7 Å². The number of carbonyl (C=O) groups excluding carboxylic acids is 1. The van der Waals surface area contributed by atoms with Gasteiger partial charge in [0.1, 0.15) is 0 Å². The number of para-hydroxylation sites is 1. The van der Waals surface area contributed by atoms with Gasteiger partial charge in [-0.25, -0.2) is 0 Å². The molecule has 0 aromatic heterocycles. The first-order chi connectivity index (χ1) is 11.1. The zero-order valence-electron chi connectivity index (χ0n) is 12.3. The smallest absolute Gasteiger partial charge is 0.269 e. The highest BCUT2D eigenvalue weighted by Crippen LogP contribution is 2.15. The van der Waals surface area contributed by atoms with Crippen LogP contribution in [-0.2, 0) is 4.79 Å². The molecular weight excluding hydrogens is 296 g/mol. The molecule has 0 bridgehead atoms. The fourth-order valence-electron chi connectivity index (χ4n) is 1.78. The van der Waals surface area contributed by atoms with E-state index in [0.717, 1.165) is 5.69 Å². The molecule has 0 aliphatic heterocycles. The van der Waals surface area contributed by atoms with Gasteiger partial charge in [0.05, 0.1) is 10.6 Å². The minimum Gasteiger partial charge on any atom is -0.326 e. The maximum Gasteiger partial charge on any atom is 0.269 e. The van der Waals surface area contributed by atoms with Gasteiger partial charge < -0.3 is 5.32 Å². The maximum atomic E-state index is 11.7. The number of anilines is 2. The Morgan fingerprint density at radius 3 is 2.43 bits per heavy atom. The first-order valence-electron chi connectivity index (χ1n) is 7.02. The van der Waals surface area contributed by atoms with Crippen molar-refractivity contribution in [3.63, 3.8) is 0 Å². The van der Waals surface area contributed by atoms with Crippen molar-refractivity contribution in [2.24, 2.45) is 5.10 Å². The van der Waals surface area contributed by atoms with Crippen molar-refractivity contribution >= 4 is 29.2 Å². The van der Waals surface area contributed by atoms with E-state index in [0.29, 0.717) is 18.5 Å². The minimum absolute atomic E-state index is 0.0251. The number of non-ortho nitro benzene ring substituents is 1. The highest BCUT2D eigenvalue weighted by atomic mass is 16.6. The average molecular weight is 312 g/mol. The predicted octanol–water partition coefficient (Wildman–Crippen LogP) is 3.41. The van der Waals surface area contributed by atoms with Crippen LogP contribution in [0, 0.1) is 10.1 Å². The number of rotatable bonds is 7. The zero-order chi connectivity index (χ0) is 16.5. The SMILES string of the molecule is O=C(CCC=NNc1ccc([N+](=O)[O-])cc1)Nc1ccccc1. The summed E-state index contributed by atoms with van der Waals surface area (Å²) in [7, 11) is 0. The molecule has 2 rings (SSSR count). The van der Waals surface area contributed by atoms with Gasteiger partial charge in [0.25, 0.3) is 5.69 Å². The summed E-state index contributed by atoms with van der Waals surface area (Å²) in [5.41, 5.74) is 4.18. The number of nitro groups is 1. The summed E-state index contributed by atoms with van der Waals surface area (Å²) >= 11 is 0. The van der Waals surface area contributed by atoms with Crippen LogP contribution in [0.1, 0.15) is 12.8 Å². The second kappa shape index (κ2) is 8.28. The second-order valence-corrected chi connectivity index (χ2v) is 4.68. The van der Waals surface area contributed by atoms with Gasteiger partial charge in [0.15, 0.2) is 0 Å². The van der Waals surface area contributed by atoms with Gasteiger partial charge in [-0.1, -0.05) is 18.2 Å². The van der Waals surface area contributed by atoms with Gasteiger partial charge in [0.2, 0.25) is 5.91 Å². The zero-order valence-corrected chi connectivity index (χ0v) is 12.3. The lowest BCUT2D eigenvalue weighted by Crippen LogP contribution is -2.11. The Hall–Kier alpha value is -3.22. The molecule has 7 heteroatoms. The number of benzene rings is 2. The van der Waals surface area contributed by atoms with Crippen LogP contribution < -0.4 is 10.7 Å². The number of nitrogens with zero attached hydrogens (tertiary/aromatic N) is 2. The Balaban J connectivity index is 1.70. The molecule has 2 aromatic carbocycles. The van der Waals surface area contributed by atoms with Crippen LogP contribution in [0.4, 0.5) is 17.1 Å². The van der Waals surface area contributed by atoms with Gasteiger partial charge >= 0.3 is 0 Å². The molecule has 7 nitrogen and oxygen atoms in total. The quantitative estimate of drug-likeness (QED) is 0.465. The van der Waals surface area contributed by atoms with Gasteiger partial charge in [0, 0.05) is 30.5 Å². The van der Waals surface area contributed by atoms with E-state index < -0.39 is 4.92 Å². The first-order valence-corrected chi connectivity index (χ1v) is 7.02. The van der Waals surface area contributed by atoms with Crippen molar-refractivity contribution in [3.8, 4) is 0 Å². The molecule has 0 saturated carbocycles. The molecule has 0 unspecified atom stereocenters. The van der Waals surface area contributed by atoms with Crippen molar-refractivity contribution in [1.29, 1.82) is 0 Å². The van der Waals surface area contributed by atoms with Crippen LogP contribution in [0.15, 0.2) is 59.7 Å². The monoisotopic (exact) mass is 312 g/mol. The fraction of sp³-hybridized carbons (Fsp3) is 0.125. The lowest BCUT2D eigenvalue weighted by Gasteiger charge is -2.03. The summed E-state index contributed by atoms with van der Waals surface area (Å²) in [6.07, 6.45) is 2.39. The van der Waals surface area contributed by atoms with E-state index in [2.05, 4.69) is 15.8 Å². The molecule has 0 spiro atoms. The first kappa shape index (κ1) is 16.2. The van der Waals surface area contributed by atoms with Gasteiger partial charge in [-0.05, 0) is 30.7 Å². The Morgan fingerprint density at radius 2 is 1.78 bits per heavy atom. The van der Waals surface area contributed by atoms with Gasteiger partial charge in [-0.15, -0.1) is 0 Å². The number of nitrogens with one attached hydrogen (secondary N) is 2. The summed E-state index contributed by atoms with van der Waals surface area (Å²) in [4.78, 5) is 21.8. The van der Waals surface area contributed by atoms with E-state index in [1.54, 1.807) is 18.3 Å². The highest BCUT2D eigenvalue weighted by Gasteiger charge is 2.03. The molecule has 0 heterocycles. The molecule has 0 radical (unpaired) electrons. The number of hydrogen-bond acceptors (Lipinski definition) is 5. The van der Waals surface area contributed by atoms with E-state index in [-0.39, 0.29) is 11.6 Å². The van der Waals surface area contributed by atoms with E-state index >= 15 is 0 Å². The molecule has 0 fully saturated rings. The molecule has 23 heavy (non-hydrogen) atoms. The Kier molecular flexibility index (Phi) is 5.81. The molecule has 0 aliphatic carbocycles. The molecule has 2 aromatic rings. The lowest BCUT2D eigenvalue weighted by atomic mass is 10.3. The standard InChI is InChI=1S/C16H16N4O3/c21-16(18-13-5-2-1-3-6-13)7-4-12-17-19-14-8-10-15(11-9-14)20(22)23/h1-3,5-6,8-12,19H,4,7H2,(H,18,21). The number of hydrogen-bond donors (Lipinski definition) is 2. The average Bonchev–Trinajstić information content (AvgIpc) is 2.56. The minimum atomic E-state index is -0.460. The van der Waals surface area contributed by atoms with Crippen LogP contribution in [-0.4, -0.2) is 17.0 Å². The van der Waals surface area contributed by atoms with E-state index in [4.69, 9.17) is 0 Å². The highest BCUT2D eigenvalue weighted by molar-refractivity contribution is 5.91. The summed E-state index contributed by atoms with van der Waals surface area (Å²) < 4.78 is 0. The largest absolute Gasteiger partial charge is 0.326 e. The van der Waals surface area contributed by atoms with Crippen molar-refractivity contribution in [1.82, 2.24) is 0 Å². The van der Waals surface area contributed by atoms with E-state index in [1.807, 2.05) is 30.3 Å².